The average Bonchev–Trinajstić information content (AvgIpc) is 2.57. The third kappa shape index (κ3) is 7.50. The van der Waals surface area contributed by atoms with Crippen molar-refractivity contribution in [2.24, 2.45) is 9.98 Å². The molecule has 0 saturated heterocycles. The van der Waals surface area contributed by atoms with Gasteiger partial charge in [-0.3, -0.25) is 14.9 Å². The highest BCUT2D eigenvalue weighted by Crippen LogP contribution is 2.35. The molecule has 0 bridgehead atoms. The zero-order valence-electron chi connectivity index (χ0n) is 20.0. The molecule has 0 N–H and O–H groups in total. The van der Waals surface area contributed by atoms with Crippen molar-refractivity contribution in [1.29, 1.82) is 0 Å². The highest BCUT2D eigenvalue weighted by atomic mass is 15.2. The van der Waals surface area contributed by atoms with Crippen molar-refractivity contribution in [2.45, 2.75) is 99.6 Å². The lowest BCUT2D eigenvalue weighted by atomic mass is 9.93. The van der Waals surface area contributed by atoms with Crippen molar-refractivity contribution in [3.63, 3.8) is 0 Å². The van der Waals surface area contributed by atoms with Gasteiger partial charge in [-0.15, -0.1) is 0 Å². The summed E-state index contributed by atoms with van der Waals surface area (Å²) in [6.45, 7) is 24.1. The van der Waals surface area contributed by atoms with Gasteiger partial charge in [-0.2, -0.15) is 0 Å². The van der Waals surface area contributed by atoms with E-state index in [2.05, 4.69) is 92.3 Å². The molecule has 3 heteroatoms. The van der Waals surface area contributed by atoms with Crippen LogP contribution >= 0.6 is 0 Å². The molecular formula is C25H43N3. The minimum absolute atomic E-state index is 0.470. The summed E-state index contributed by atoms with van der Waals surface area (Å²) in [6.07, 6.45) is 0.841. The van der Waals surface area contributed by atoms with Crippen LogP contribution in [0.2, 0.25) is 0 Å². The SMILES string of the molecule is CC(CC(C)=Nc1c(C(C)C)cccc1C(C)C)=NCCN(C(C)C)C(C)C. The van der Waals surface area contributed by atoms with Crippen LogP contribution in [0.4, 0.5) is 5.69 Å². The number of para-hydroxylation sites is 1. The molecule has 0 radical (unpaired) electrons. The van der Waals surface area contributed by atoms with E-state index in [1.54, 1.807) is 0 Å². The summed E-state index contributed by atoms with van der Waals surface area (Å²) in [5, 5.41) is 0. The number of nitrogens with zero attached hydrogens (tertiary/aromatic N) is 3. The number of benzene rings is 1. The Morgan fingerprint density at radius 2 is 1.32 bits per heavy atom. The minimum Gasteiger partial charge on any atom is -0.297 e. The number of hydrogen-bond donors (Lipinski definition) is 0. The maximum Gasteiger partial charge on any atom is 0.0698 e. The van der Waals surface area contributed by atoms with Crippen molar-refractivity contribution >= 4 is 17.1 Å². The van der Waals surface area contributed by atoms with E-state index in [1.165, 1.54) is 22.5 Å². The van der Waals surface area contributed by atoms with Crippen LogP contribution in [0.1, 0.15) is 98.6 Å². The van der Waals surface area contributed by atoms with Crippen LogP contribution in [0.5, 0.6) is 0 Å². The van der Waals surface area contributed by atoms with E-state index in [4.69, 9.17) is 9.98 Å². The second-order valence-electron chi connectivity index (χ2n) is 9.16. The van der Waals surface area contributed by atoms with Crippen molar-refractivity contribution in [1.82, 2.24) is 4.90 Å². The lowest BCUT2D eigenvalue weighted by molar-refractivity contribution is 0.181. The highest BCUT2D eigenvalue weighted by molar-refractivity contribution is 6.03. The molecule has 0 heterocycles. The van der Waals surface area contributed by atoms with Gasteiger partial charge in [-0.1, -0.05) is 45.9 Å². The van der Waals surface area contributed by atoms with Crippen LogP contribution in [-0.4, -0.2) is 41.5 Å². The molecule has 0 aliphatic heterocycles. The summed E-state index contributed by atoms with van der Waals surface area (Å²) < 4.78 is 0. The second kappa shape index (κ2) is 11.5. The van der Waals surface area contributed by atoms with Gasteiger partial charge < -0.3 is 0 Å². The van der Waals surface area contributed by atoms with Gasteiger partial charge in [0, 0.05) is 36.5 Å². The van der Waals surface area contributed by atoms with Crippen molar-refractivity contribution in [3.05, 3.63) is 29.3 Å². The van der Waals surface area contributed by atoms with E-state index in [0.29, 0.717) is 23.9 Å². The first-order valence-electron chi connectivity index (χ1n) is 11.0. The Labute approximate surface area is 174 Å². The number of rotatable bonds is 10. The monoisotopic (exact) mass is 385 g/mol. The van der Waals surface area contributed by atoms with Gasteiger partial charge in [0.1, 0.15) is 0 Å². The summed E-state index contributed by atoms with van der Waals surface area (Å²) in [5.41, 5.74) is 6.15. The van der Waals surface area contributed by atoms with Gasteiger partial charge in [-0.25, -0.2) is 0 Å². The Bertz CT molecular complexity index is 632. The molecule has 0 amide bonds. The highest BCUT2D eigenvalue weighted by Gasteiger charge is 2.14. The molecule has 0 aliphatic carbocycles. The zero-order chi connectivity index (χ0) is 21.4. The summed E-state index contributed by atoms with van der Waals surface area (Å²) >= 11 is 0. The predicted molar refractivity (Wildman–Crippen MR) is 127 cm³/mol. The van der Waals surface area contributed by atoms with Crippen molar-refractivity contribution in [2.75, 3.05) is 13.1 Å². The maximum atomic E-state index is 5.07. The first-order chi connectivity index (χ1) is 13.0. The fourth-order valence-electron chi connectivity index (χ4n) is 3.77. The molecular weight excluding hydrogens is 342 g/mol. The molecule has 0 unspecified atom stereocenters. The molecule has 0 fully saturated rings. The van der Waals surface area contributed by atoms with E-state index in [1.807, 2.05) is 0 Å². The third-order valence-corrected chi connectivity index (χ3v) is 5.22. The van der Waals surface area contributed by atoms with Crippen LogP contribution in [0.25, 0.3) is 0 Å². The summed E-state index contributed by atoms with van der Waals surface area (Å²) in [6, 6.07) is 7.72. The fraction of sp³-hybridized carbons (Fsp3) is 0.680. The smallest absolute Gasteiger partial charge is 0.0698 e. The molecule has 1 aromatic rings. The van der Waals surface area contributed by atoms with Crippen LogP contribution in [-0.2, 0) is 0 Å². The van der Waals surface area contributed by atoms with E-state index in [9.17, 15) is 0 Å². The Morgan fingerprint density at radius 3 is 1.75 bits per heavy atom. The van der Waals surface area contributed by atoms with Crippen molar-refractivity contribution < 1.29 is 0 Å². The maximum absolute atomic E-state index is 5.07. The number of hydrogen-bond acceptors (Lipinski definition) is 3. The first kappa shape index (κ1) is 24.6. The normalized spacial score (nSPS) is 13.7. The molecule has 158 valence electrons. The van der Waals surface area contributed by atoms with E-state index < -0.39 is 0 Å². The van der Waals surface area contributed by atoms with Gasteiger partial charge in [0.2, 0.25) is 0 Å². The quantitative estimate of drug-likeness (QED) is 0.399. The van der Waals surface area contributed by atoms with Crippen LogP contribution < -0.4 is 0 Å². The first-order valence-corrected chi connectivity index (χ1v) is 11.0. The summed E-state index contributed by atoms with van der Waals surface area (Å²) in [4.78, 5) is 12.4. The average molecular weight is 386 g/mol. The minimum atomic E-state index is 0.470. The molecule has 0 aliphatic rings. The molecule has 28 heavy (non-hydrogen) atoms. The lowest BCUT2D eigenvalue weighted by Gasteiger charge is -2.29. The Balaban J connectivity index is 2.92. The predicted octanol–water partition coefficient (Wildman–Crippen LogP) is 7.00. The Morgan fingerprint density at radius 1 is 0.821 bits per heavy atom. The van der Waals surface area contributed by atoms with E-state index >= 15 is 0 Å². The van der Waals surface area contributed by atoms with Crippen molar-refractivity contribution in [3.8, 4) is 0 Å². The van der Waals surface area contributed by atoms with Gasteiger partial charge in [-0.05, 0) is 64.5 Å². The van der Waals surface area contributed by atoms with Crippen LogP contribution in [0.15, 0.2) is 28.2 Å². The van der Waals surface area contributed by atoms with E-state index in [0.717, 1.165) is 25.2 Å². The molecule has 0 atom stereocenters. The van der Waals surface area contributed by atoms with Gasteiger partial charge in [0.05, 0.1) is 12.2 Å². The lowest BCUT2D eigenvalue weighted by Crippen LogP contribution is -2.38. The third-order valence-electron chi connectivity index (χ3n) is 5.22. The fourth-order valence-corrected chi connectivity index (χ4v) is 3.77. The van der Waals surface area contributed by atoms with Gasteiger partial charge >= 0.3 is 0 Å². The molecule has 1 aromatic carbocycles. The van der Waals surface area contributed by atoms with E-state index in [-0.39, 0.29) is 0 Å². The standard InChI is InChI=1S/C25H43N3/c1-17(2)23-12-11-13-24(18(3)4)25(23)27-22(10)16-21(9)26-14-15-28(19(5)6)20(7)8/h11-13,17-20H,14-16H2,1-10H3. The molecule has 0 saturated carbocycles. The Kier molecular flexibility index (Phi) is 10.1. The van der Waals surface area contributed by atoms with Crippen LogP contribution in [0.3, 0.4) is 0 Å². The summed E-state index contributed by atoms with van der Waals surface area (Å²) in [7, 11) is 0. The second-order valence-corrected chi connectivity index (χ2v) is 9.16. The van der Waals surface area contributed by atoms with Gasteiger partial charge in [0.25, 0.3) is 0 Å². The molecule has 3 nitrogen and oxygen atoms in total. The number of aliphatic imine (C=N–C) groups is 2. The van der Waals surface area contributed by atoms with Crippen LogP contribution in [0, 0.1) is 0 Å². The topological polar surface area (TPSA) is 28.0 Å². The largest absolute Gasteiger partial charge is 0.297 e. The summed E-state index contributed by atoms with van der Waals surface area (Å²) in [5.74, 6) is 0.941. The Hall–Kier alpha value is -1.48. The zero-order valence-corrected chi connectivity index (χ0v) is 20.0. The van der Waals surface area contributed by atoms with Gasteiger partial charge in [0.15, 0.2) is 0 Å². The molecule has 1 rings (SSSR count). The molecule has 0 spiro atoms. The molecule has 0 aromatic heterocycles.